The summed E-state index contributed by atoms with van der Waals surface area (Å²) in [5.74, 6) is 0. The molecular formula is C12H11BrN2. The zero-order chi connectivity index (χ0) is 10.7. The Bertz CT molecular complexity index is 451. The molecule has 0 saturated carbocycles. The highest BCUT2D eigenvalue weighted by Crippen LogP contribution is 2.19. The van der Waals surface area contributed by atoms with Gasteiger partial charge in [-0.1, -0.05) is 31.2 Å². The maximum atomic E-state index is 4.22. The molecule has 0 N–H and O–H groups in total. The third-order valence-electron chi connectivity index (χ3n) is 2.29. The summed E-state index contributed by atoms with van der Waals surface area (Å²) in [5, 5.41) is 0. The number of halogens is 1. The monoisotopic (exact) mass is 262 g/mol. The molecule has 1 aromatic heterocycles. The third kappa shape index (κ3) is 2.42. The first kappa shape index (κ1) is 10.3. The Hall–Kier alpha value is -1.22. The lowest BCUT2D eigenvalue weighted by Crippen LogP contribution is -1.86. The van der Waals surface area contributed by atoms with Crippen LogP contribution in [0, 0.1) is 0 Å². The second-order valence-corrected chi connectivity index (χ2v) is 4.09. The minimum atomic E-state index is 0.812. The summed E-state index contributed by atoms with van der Waals surface area (Å²) in [6.45, 7) is 2.15. The molecule has 2 rings (SSSR count). The second kappa shape index (κ2) is 4.53. The molecule has 2 nitrogen and oxygen atoms in total. The lowest BCUT2D eigenvalue weighted by molar-refractivity contribution is 1.13. The summed E-state index contributed by atoms with van der Waals surface area (Å²) in [5.41, 5.74) is 3.40. The van der Waals surface area contributed by atoms with Gasteiger partial charge in [0.25, 0.3) is 0 Å². The maximum Gasteiger partial charge on any atom is 0.117 e. The van der Waals surface area contributed by atoms with Gasteiger partial charge in [0, 0.05) is 5.56 Å². The lowest BCUT2D eigenvalue weighted by atomic mass is 10.1. The smallest absolute Gasteiger partial charge is 0.117 e. The predicted molar refractivity (Wildman–Crippen MR) is 64.5 cm³/mol. The summed E-state index contributed by atoms with van der Waals surface area (Å²) < 4.78 is 0.812. The Kier molecular flexibility index (Phi) is 3.11. The predicted octanol–water partition coefficient (Wildman–Crippen LogP) is 3.47. The first-order valence-electron chi connectivity index (χ1n) is 4.86. The average Bonchev–Trinajstić information content (AvgIpc) is 2.29. The fourth-order valence-corrected chi connectivity index (χ4v) is 1.71. The Morgan fingerprint density at radius 2 is 1.87 bits per heavy atom. The highest BCUT2D eigenvalue weighted by atomic mass is 79.9. The number of hydrogen-bond donors (Lipinski definition) is 0. The Labute approximate surface area is 97.5 Å². The van der Waals surface area contributed by atoms with Crippen molar-refractivity contribution in [1.82, 2.24) is 9.97 Å². The van der Waals surface area contributed by atoms with Crippen molar-refractivity contribution in [2.75, 3.05) is 0 Å². The molecule has 0 atom stereocenters. The van der Waals surface area contributed by atoms with E-state index < -0.39 is 0 Å². The molecule has 0 fully saturated rings. The topological polar surface area (TPSA) is 25.8 Å². The van der Waals surface area contributed by atoms with Crippen molar-refractivity contribution in [2.24, 2.45) is 0 Å². The number of nitrogens with zero attached hydrogens (tertiary/aromatic N) is 2. The van der Waals surface area contributed by atoms with Crippen LogP contribution in [0.5, 0.6) is 0 Å². The van der Waals surface area contributed by atoms with Gasteiger partial charge in [-0.25, -0.2) is 9.97 Å². The summed E-state index contributed by atoms with van der Waals surface area (Å²) in [6.07, 6.45) is 2.63. The van der Waals surface area contributed by atoms with Crippen LogP contribution in [0.15, 0.2) is 41.3 Å². The van der Waals surface area contributed by atoms with E-state index in [2.05, 4.69) is 57.1 Å². The van der Waals surface area contributed by atoms with Crippen molar-refractivity contribution in [3.05, 3.63) is 46.8 Å². The second-order valence-electron chi connectivity index (χ2n) is 3.28. The number of rotatable bonds is 2. The van der Waals surface area contributed by atoms with E-state index in [1.165, 1.54) is 5.56 Å². The van der Waals surface area contributed by atoms with Crippen LogP contribution < -0.4 is 0 Å². The van der Waals surface area contributed by atoms with Gasteiger partial charge in [0.05, 0.1) is 5.69 Å². The summed E-state index contributed by atoms with van der Waals surface area (Å²) in [7, 11) is 0. The van der Waals surface area contributed by atoms with Gasteiger partial charge in [0.2, 0.25) is 0 Å². The number of aryl methyl sites for hydroxylation is 1. The lowest BCUT2D eigenvalue weighted by Gasteiger charge is -2.02. The minimum absolute atomic E-state index is 0.812. The molecule has 3 heteroatoms. The van der Waals surface area contributed by atoms with Crippen LogP contribution in [0.25, 0.3) is 11.3 Å². The van der Waals surface area contributed by atoms with Crippen LogP contribution >= 0.6 is 15.9 Å². The largest absolute Gasteiger partial charge is 0.236 e. The molecule has 0 bridgehead atoms. The zero-order valence-electron chi connectivity index (χ0n) is 8.44. The molecule has 15 heavy (non-hydrogen) atoms. The fraction of sp³-hybridized carbons (Fsp3) is 0.167. The Balaban J connectivity index is 2.37. The van der Waals surface area contributed by atoms with E-state index >= 15 is 0 Å². The molecule has 0 aliphatic rings. The standard InChI is InChI=1S/C12H11BrN2/c1-2-9-3-5-10(6-4-9)11-7-12(13)15-8-14-11/h3-8H,2H2,1H3. The van der Waals surface area contributed by atoms with Crippen LogP contribution in [0.3, 0.4) is 0 Å². The van der Waals surface area contributed by atoms with Gasteiger partial charge in [-0.15, -0.1) is 0 Å². The van der Waals surface area contributed by atoms with Crippen molar-refractivity contribution in [3.8, 4) is 11.3 Å². The van der Waals surface area contributed by atoms with E-state index in [0.29, 0.717) is 0 Å². The average molecular weight is 263 g/mol. The van der Waals surface area contributed by atoms with Crippen molar-refractivity contribution >= 4 is 15.9 Å². The summed E-state index contributed by atoms with van der Waals surface area (Å²) >= 11 is 3.34. The van der Waals surface area contributed by atoms with Crippen molar-refractivity contribution in [2.45, 2.75) is 13.3 Å². The van der Waals surface area contributed by atoms with Gasteiger partial charge in [0.1, 0.15) is 10.9 Å². The van der Waals surface area contributed by atoms with E-state index in [4.69, 9.17) is 0 Å². The first-order valence-corrected chi connectivity index (χ1v) is 5.65. The quantitative estimate of drug-likeness (QED) is 0.775. The molecule has 0 radical (unpaired) electrons. The number of hydrogen-bond acceptors (Lipinski definition) is 2. The molecule has 0 saturated heterocycles. The van der Waals surface area contributed by atoms with Gasteiger partial charge < -0.3 is 0 Å². The molecule has 1 heterocycles. The van der Waals surface area contributed by atoms with Gasteiger partial charge in [0.15, 0.2) is 0 Å². The number of aromatic nitrogens is 2. The van der Waals surface area contributed by atoms with Crippen LogP contribution in [-0.2, 0) is 6.42 Å². The normalized spacial score (nSPS) is 10.3. The molecule has 2 aromatic rings. The SMILES string of the molecule is CCc1ccc(-c2cc(Br)ncn2)cc1. The summed E-state index contributed by atoms with van der Waals surface area (Å²) in [6, 6.07) is 10.4. The fourth-order valence-electron chi connectivity index (χ4n) is 1.40. The molecule has 76 valence electrons. The third-order valence-corrected chi connectivity index (χ3v) is 2.73. The molecular weight excluding hydrogens is 252 g/mol. The molecule has 1 aromatic carbocycles. The van der Waals surface area contributed by atoms with Crippen molar-refractivity contribution < 1.29 is 0 Å². The van der Waals surface area contributed by atoms with Crippen LogP contribution in [0.2, 0.25) is 0 Å². The van der Waals surface area contributed by atoms with Crippen molar-refractivity contribution in [3.63, 3.8) is 0 Å². The molecule has 0 spiro atoms. The van der Waals surface area contributed by atoms with Crippen molar-refractivity contribution in [1.29, 1.82) is 0 Å². The summed E-state index contributed by atoms with van der Waals surface area (Å²) in [4.78, 5) is 8.23. The zero-order valence-corrected chi connectivity index (χ0v) is 10.0. The van der Waals surface area contributed by atoms with Gasteiger partial charge in [-0.2, -0.15) is 0 Å². The molecule has 0 unspecified atom stereocenters. The molecule has 0 amide bonds. The van der Waals surface area contributed by atoms with Crippen LogP contribution in [0.1, 0.15) is 12.5 Å². The van der Waals surface area contributed by atoms with Gasteiger partial charge >= 0.3 is 0 Å². The molecule has 0 aliphatic heterocycles. The molecule has 0 aliphatic carbocycles. The van der Waals surface area contributed by atoms with E-state index in [0.717, 1.165) is 22.3 Å². The van der Waals surface area contributed by atoms with Crippen LogP contribution in [0.4, 0.5) is 0 Å². The number of benzene rings is 1. The van der Waals surface area contributed by atoms with E-state index in [-0.39, 0.29) is 0 Å². The maximum absolute atomic E-state index is 4.22. The van der Waals surface area contributed by atoms with Crippen LogP contribution in [-0.4, -0.2) is 9.97 Å². The minimum Gasteiger partial charge on any atom is -0.236 e. The van der Waals surface area contributed by atoms with Gasteiger partial charge in [-0.05, 0) is 34.0 Å². The van der Waals surface area contributed by atoms with E-state index in [1.807, 2.05) is 6.07 Å². The highest BCUT2D eigenvalue weighted by molar-refractivity contribution is 9.10. The van der Waals surface area contributed by atoms with E-state index in [1.54, 1.807) is 6.33 Å². The Morgan fingerprint density at radius 3 is 2.47 bits per heavy atom. The highest BCUT2D eigenvalue weighted by Gasteiger charge is 1.99. The van der Waals surface area contributed by atoms with Gasteiger partial charge in [-0.3, -0.25) is 0 Å². The Morgan fingerprint density at radius 1 is 1.13 bits per heavy atom. The van der Waals surface area contributed by atoms with E-state index in [9.17, 15) is 0 Å². The first-order chi connectivity index (χ1) is 7.29.